The first kappa shape index (κ1) is 20.6. The highest BCUT2D eigenvalue weighted by Crippen LogP contribution is 2.39. The van der Waals surface area contributed by atoms with E-state index >= 15 is 0 Å². The number of anilines is 1. The van der Waals surface area contributed by atoms with Gasteiger partial charge in [-0.3, -0.25) is 0 Å². The Bertz CT molecular complexity index is 1280. The molecule has 156 valence electrons. The molecule has 0 bridgehead atoms. The largest absolute Gasteiger partial charge is 0.497 e. The van der Waals surface area contributed by atoms with Crippen LogP contribution in [0.25, 0.3) is 10.9 Å². The molecule has 0 aliphatic carbocycles. The molecule has 1 heterocycles. The van der Waals surface area contributed by atoms with Gasteiger partial charge in [-0.15, -0.1) is 10.2 Å². The van der Waals surface area contributed by atoms with Crippen molar-refractivity contribution in [2.45, 2.75) is 13.5 Å². The average Bonchev–Trinajstić information content (AvgIpc) is 3.03. The number of ether oxygens (including phenoxy) is 1. The molecule has 0 radical (unpaired) electrons. The molecule has 1 aromatic heterocycles. The third-order valence-corrected chi connectivity index (χ3v) is 5.09. The average molecular weight is 431 g/mol. The van der Waals surface area contributed by atoms with Crippen LogP contribution in [0.2, 0.25) is 0 Å². The van der Waals surface area contributed by atoms with Crippen molar-refractivity contribution in [3.8, 4) is 11.6 Å². The van der Waals surface area contributed by atoms with Gasteiger partial charge >= 0.3 is 0 Å². The Morgan fingerprint density at radius 2 is 1.87 bits per heavy atom. The van der Waals surface area contributed by atoms with Gasteiger partial charge in [-0.2, -0.15) is 0 Å². The number of hydrogen-bond donors (Lipinski definition) is 2. The molecule has 0 atom stereocenters. The summed E-state index contributed by atoms with van der Waals surface area (Å²) < 4.78 is 7.05. The monoisotopic (exact) mass is 430 g/mol. The van der Waals surface area contributed by atoms with Gasteiger partial charge in [0, 0.05) is 17.1 Å². The first-order chi connectivity index (χ1) is 15.0. The molecular formula is C24H22N4O2S. The summed E-state index contributed by atoms with van der Waals surface area (Å²) in [5, 5.41) is 23.3. The zero-order chi connectivity index (χ0) is 21.8. The van der Waals surface area contributed by atoms with Crippen molar-refractivity contribution in [1.82, 2.24) is 4.57 Å². The van der Waals surface area contributed by atoms with Crippen LogP contribution < -0.4 is 10.1 Å². The van der Waals surface area contributed by atoms with E-state index < -0.39 is 0 Å². The zero-order valence-electron chi connectivity index (χ0n) is 17.2. The Kier molecular flexibility index (Phi) is 5.95. The number of nitrogens with zero attached hydrogens (tertiary/aromatic N) is 3. The van der Waals surface area contributed by atoms with Gasteiger partial charge in [0.15, 0.2) is 5.69 Å². The highest BCUT2D eigenvalue weighted by atomic mass is 32.1. The zero-order valence-corrected chi connectivity index (χ0v) is 18.1. The first-order valence-corrected chi connectivity index (χ1v) is 10.2. The van der Waals surface area contributed by atoms with Crippen LogP contribution in [0.15, 0.2) is 83.0 Å². The molecule has 0 amide bonds. The Balaban J connectivity index is 1.63. The van der Waals surface area contributed by atoms with Crippen molar-refractivity contribution in [2.24, 2.45) is 10.2 Å². The van der Waals surface area contributed by atoms with Crippen molar-refractivity contribution in [3.63, 3.8) is 0 Å². The van der Waals surface area contributed by atoms with Gasteiger partial charge in [-0.1, -0.05) is 54.1 Å². The van der Waals surface area contributed by atoms with Crippen LogP contribution in [0.1, 0.15) is 11.1 Å². The molecule has 2 N–H and O–H groups in total. The molecular weight excluding hydrogens is 408 g/mol. The summed E-state index contributed by atoms with van der Waals surface area (Å²) in [7, 11) is 1.60. The van der Waals surface area contributed by atoms with E-state index in [0.29, 0.717) is 18.0 Å². The third kappa shape index (κ3) is 4.57. The number of rotatable bonds is 5. The van der Waals surface area contributed by atoms with Gasteiger partial charge in [0.25, 0.3) is 0 Å². The number of aromatic hydroxyl groups is 1. The summed E-state index contributed by atoms with van der Waals surface area (Å²) in [6.45, 7) is 2.57. The molecule has 0 saturated heterocycles. The van der Waals surface area contributed by atoms with Crippen LogP contribution in [0.4, 0.5) is 11.4 Å². The number of benzene rings is 3. The topological polar surface area (TPSA) is 71.1 Å². The number of nitrogens with one attached hydrogen (secondary N) is 1. The minimum atomic E-state index is 0.0515. The van der Waals surface area contributed by atoms with E-state index in [1.54, 1.807) is 7.11 Å². The van der Waals surface area contributed by atoms with Gasteiger partial charge in [-0.05, 0) is 42.9 Å². The van der Waals surface area contributed by atoms with E-state index in [1.165, 1.54) is 5.56 Å². The Hall–Kier alpha value is -3.71. The molecule has 0 aliphatic rings. The molecule has 7 heteroatoms. The standard InChI is InChI=1S/C24H22N4O2S/c1-16-7-5-8-17(13-16)15-28-21-12-4-3-11-20(21)22(23(28)29)26-27-24(31)25-18-9-6-10-19(14-18)30-2/h3-14,29H,15H2,1-2H3,(H,25,31). The van der Waals surface area contributed by atoms with E-state index in [1.807, 2.05) is 78.2 Å². The number of thiocarbonyl (C=S) groups is 1. The van der Waals surface area contributed by atoms with Crippen LogP contribution in [0, 0.1) is 6.92 Å². The number of aromatic nitrogens is 1. The highest BCUT2D eigenvalue weighted by molar-refractivity contribution is 7.80. The van der Waals surface area contributed by atoms with E-state index in [0.717, 1.165) is 22.2 Å². The lowest BCUT2D eigenvalue weighted by molar-refractivity contribution is 0.415. The molecule has 31 heavy (non-hydrogen) atoms. The van der Waals surface area contributed by atoms with Crippen molar-refractivity contribution in [3.05, 3.63) is 83.9 Å². The van der Waals surface area contributed by atoms with E-state index in [4.69, 9.17) is 17.0 Å². The summed E-state index contributed by atoms with van der Waals surface area (Å²) in [4.78, 5) is 0. The number of azo groups is 1. The van der Waals surface area contributed by atoms with Crippen LogP contribution in [0.3, 0.4) is 0 Å². The molecule has 0 spiro atoms. The molecule has 3 aromatic carbocycles. The maximum Gasteiger partial charge on any atom is 0.221 e. The van der Waals surface area contributed by atoms with Gasteiger partial charge in [0.05, 0.1) is 19.2 Å². The number of hydrogen-bond acceptors (Lipinski definition) is 4. The molecule has 0 aliphatic heterocycles. The molecule has 4 aromatic rings. The van der Waals surface area contributed by atoms with Gasteiger partial charge in [0.1, 0.15) is 5.75 Å². The fraction of sp³-hybridized carbons (Fsp3) is 0.125. The summed E-state index contributed by atoms with van der Waals surface area (Å²) in [5.74, 6) is 0.761. The molecule has 0 unspecified atom stereocenters. The Labute approximate surface area is 185 Å². The highest BCUT2D eigenvalue weighted by Gasteiger charge is 2.16. The lowest BCUT2D eigenvalue weighted by Gasteiger charge is -2.08. The summed E-state index contributed by atoms with van der Waals surface area (Å²) >= 11 is 5.31. The fourth-order valence-electron chi connectivity index (χ4n) is 3.47. The second-order valence-corrected chi connectivity index (χ2v) is 7.51. The van der Waals surface area contributed by atoms with Gasteiger partial charge in [-0.25, -0.2) is 0 Å². The van der Waals surface area contributed by atoms with Gasteiger partial charge in [0.2, 0.25) is 11.0 Å². The minimum Gasteiger partial charge on any atom is -0.497 e. The van der Waals surface area contributed by atoms with E-state index in [9.17, 15) is 5.11 Å². The van der Waals surface area contributed by atoms with Crippen molar-refractivity contribution >= 4 is 39.6 Å². The normalized spacial score (nSPS) is 11.2. The summed E-state index contributed by atoms with van der Waals surface area (Å²) in [6.07, 6.45) is 0. The maximum absolute atomic E-state index is 10.9. The van der Waals surface area contributed by atoms with Crippen LogP contribution in [0.5, 0.6) is 11.6 Å². The number of para-hydroxylation sites is 1. The Morgan fingerprint density at radius 1 is 1.06 bits per heavy atom. The summed E-state index contributed by atoms with van der Waals surface area (Å²) in [5.41, 5.74) is 4.27. The Morgan fingerprint density at radius 3 is 2.68 bits per heavy atom. The van der Waals surface area contributed by atoms with Gasteiger partial charge < -0.3 is 19.7 Å². The van der Waals surface area contributed by atoms with Crippen LogP contribution in [-0.2, 0) is 6.54 Å². The van der Waals surface area contributed by atoms with Crippen LogP contribution >= 0.6 is 12.2 Å². The lowest BCUT2D eigenvalue weighted by Crippen LogP contribution is -2.04. The predicted octanol–water partition coefficient (Wildman–Crippen LogP) is 6.19. The molecule has 6 nitrogen and oxygen atoms in total. The molecule has 0 fully saturated rings. The van der Waals surface area contributed by atoms with E-state index in [-0.39, 0.29) is 11.0 Å². The second-order valence-electron chi connectivity index (χ2n) is 7.13. The van der Waals surface area contributed by atoms with Crippen molar-refractivity contribution in [1.29, 1.82) is 0 Å². The summed E-state index contributed by atoms with van der Waals surface area (Å²) in [6, 6.07) is 23.3. The quantitative estimate of drug-likeness (QED) is 0.292. The number of methoxy groups -OCH3 is 1. The van der Waals surface area contributed by atoms with Crippen LogP contribution in [-0.4, -0.2) is 21.9 Å². The number of aryl methyl sites for hydroxylation is 1. The SMILES string of the molecule is COc1cccc(NC(=S)N=Nc2c(O)n(Cc3cccc(C)c3)c3ccccc23)c1. The molecule has 0 saturated carbocycles. The second kappa shape index (κ2) is 8.97. The lowest BCUT2D eigenvalue weighted by atomic mass is 10.1. The predicted molar refractivity (Wildman–Crippen MR) is 128 cm³/mol. The van der Waals surface area contributed by atoms with E-state index in [2.05, 4.69) is 21.6 Å². The smallest absolute Gasteiger partial charge is 0.221 e. The van der Waals surface area contributed by atoms with Crippen molar-refractivity contribution < 1.29 is 9.84 Å². The maximum atomic E-state index is 10.9. The first-order valence-electron chi connectivity index (χ1n) is 9.77. The molecule has 4 rings (SSSR count). The number of fused-ring (bicyclic) bond motifs is 1. The van der Waals surface area contributed by atoms with Crippen molar-refractivity contribution in [2.75, 3.05) is 12.4 Å². The fourth-order valence-corrected chi connectivity index (χ4v) is 3.63. The third-order valence-electron chi connectivity index (χ3n) is 4.90. The minimum absolute atomic E-state index is 0.0515.